The normalized spacial score (nSPS) is 10.0. The number of halogens is 3. The van der Waals surface area contributed by atoms with Crippen LogP contribution >= 0.6 is 48.6 Å². The van der Waals surface area contributed by atoms with Crippen molar-refractivity contribution in [3.63, 3.8) is 0 Å². The minimum atomic E-state index is 0. The molecule has 0 spiro atoms. The van der Waals surface area contributed by atoms with Gasteiger partial charge in [-0.25, -0.2) is 9.97 Å². The Morgan fingerprint density at radius 3 is 2.67 bits per heavy atom. The molecule has 2 aromatic rings. The minimum Gasteiger partial charge on any atom is -0.383 e. The highest BCUT2D eigenvalue weighted by Gasteiger charge is 2.06. The maximum atomic E-state index is 5.76. The van der Waals surface area contributed by atoms with Gasteiger partial charge in [-0.05, 0) is 12.1 Å². The largest absolute Gasteiger partial charge is 0.383 e. The molecule has 2 rings (SSSR count). The second-order valence-electron chi connectivity index (χ2n) is 4.09. The summed E-state index contributed by atoms with van der Waals surface area (Å²) in [5, 5.41) is 8.44. The number of hydrogen-bond acceptors (Lipinski definition) is 6. The smallest absolute Gasteiger partial charge is 0.212 e. The number of aromatic nitrogens is 2. The van der Waals surface area contributed by atoms with Gasteiger partial charge in [0.05, 0.1) is 12.3 Å². The van der Waals surface area contributed by atoms with Gasteiger partial charge in [0.25, 0.3) is 0 Å². The fourth-order valence-electron chi connectivity index (χ4n) is 1.57. The maximum Gasteiger partial charge on any atom is 0.212 e. The Morgan fingerprint density at radius 1 is 1.25 bits per heavy atom. The van der Waals surface area contributed by atoms with Gasteiger partial charge >= 0.3 is 0 Å². The average Bonchev–Trinajstić information content (AvgIpc) is 2.96. The van der Waals surface area contributed by atoms with Crippen LogP contribution in [0.25, 0.3) is 11.4 Å². The first-order valence-electron chi connectivity index (χ1n) is 6.40. The first-order chi connectivity index (χ1) is 10.2. The van der Waals surface area contributed by atoms with E-state index in [9.17, 15) is 0 Å². The highest BCUT2D eigenvalue weighted by molar-refractivity contribution is 7.13. The molecule has 2 aromatic heterocycles. The second-order valence-corrected chi connectivity index (χ2v) is 4.93. The van der Waals surface area contributed by atoms with Crippen LogP contribution < -0.4 is 16.4 Å². The zero-order valence-corrected chi connectivity index (χ0v) is 16.4. The van der Waals surface area contributed by atoms with E-state index in [2.05, 4.69) is 25.6 Å². The van der Waals surface area contributed by atoms with Crippen LogP contribution in [0.2, 0.25) is 0 Å². The molecule has 0 saturated heterocycles. The second kappa shape index (κ2) is 13.0. The fourth-order valence-corrected chi connectivity index (χ4v) is 2.27. The Kier molecular flexibility index (Phi) is 13.5. The molecule has 0 aliphatic carbocycles. The fraction of sp³-hybridized carbons (Fsp3) is 0.308. The van der Waals surface area contributed by atoms with Crippen molar-refractivity contribution >= 4 is 65.5 Å². The monoisotopic (exact) mass is 414 g/mol. The number of rotatable bonds is 6. The SMILES string of the molecule is CNc1cccc(-c2csc(/N=C(\N)NCCOC)n2)n1.Cl.Cl.Cl. The molecular formula is C13H21Cl3N6OS. The lowest BCUT2D eigenvalue weighted by Crippen LogP contribution is -2.33. The molecule has 0 amide bonds. The van der Waals surface area contributed by atoms with Crippen molar-refractivity contribution in [1.29, 1.82) is 0 Å². The van der Waals surface area contributed by atoms with E-state index in [0.29, 0.717) is 24.2 Å². The van der Waals surface area contributed by atoms with Gasteiger partial charge in [-0.15, -0.1) is 48.6 Å². The summed E-state index contributed by atoms with van der Waals surface area (Å²) in [6.07, 6.45) is 0. The highest BCUT2D eigenvalue weighted by atomic mass is 35.5. The summed E-state index contributed by atoms with van der Waals surface area (Å²) in [6, 6.07) is 5.73. The van der Waals surface area contributed by atoms with Crippen molar-refractivity contribution in [1.82, 2.24) is 15.3 Å². The molecular weight excluding hydrogens is 395 g/mol. The van der Waals surface area contributed by atoms with Crippen molar-refractivity contribution in [2.75, 3.05) is 32.6 Å². The number of guanidine groups is 1. The van der Waals surface area contributed by atoms with Crippen molar-refractivity contribution in [3.8, 4) is 11.4 Å². The molecule has 4 N–H and O–H groups in total. The first-order valence-corrected chi connectivity index (χ1v) is 7.28. The Balaban J connectivity index is 0. The van der Waals surface area contributed by atoms with Crippen LogP contribution in [0, 0.1) is 0 Å². The molecule has 0 bridgehead atoms. The summed E-state index contributed by atoms with van der Waals surface area (Å²) in [4.78, 5) is 13.1. The average molecular weight is 416 g/mol. The molecule has 136 valence electrons. The van der Waals surface area contributed by atoms with Gasteiger partial charge < -0.3 is 21.1 Å². The Bertz CT molecular complexity index is 625. The number of nitrogens with zero attached hydrogens (tertiary/aromatic N) is 3. The summed E-state index contributed by atoms with van der Waals surface area (Å²) in [5.74, 6) is 1.12. The van der Waals surface area contributed by atoms with E-state index in [1.54, 1.807) is 7.11 Å². The summed E-state index contributed by atoms with van der Waals surface area (Å²) < 4.78 is 4.93. The number of nitrogens with two attached hydrogens (primary N) is 1. The molecule has 0 aliphatic rings. The van der Waals surface area contributed by atoms with Gasteiger partial charge in [-0.1, -0.05) is 6.07 Å². The van der Waals surface area contributed by atoms with Crippen LogP contribution in [0.4, 0.5) is 10.9 Å². The van der Waals surface area contributed by atoms with Gasteiger partial charge in [0.1, 0.15) is 11.5 Å². The minimum absolute atomic E-state index is 0. The quantitative estimate of drug-likeness (QED) is 0.381. The first kappa shape index (κ1) is 24.9. The molecule has 0 saturated carbocycles. The van der Waals surface area contributed by atoms with E-state index in [1.165, 1.54) is 11.3 Å². The van der Waals surface area contributed by atoms with E-state index >= 15 is 0 Å². The molecule has 0 aromatic carbocycles. The van der Waals surface area contributed by atoms with Crippen LogP contribution in [0.3, 0.4) is 0 Å². The molecule has 0 radical (unpaired) electrons. The number of aliphatic imine (C=N–C) groups is 1. The number of hydrogen-bond donors (Lipinski definition) is 3. The van der Waals surface area contributed by atoms with E-state index < -0.39 is 0 Å². The van der Waals surface area contributed by atoms with Gasteiger partial charge in [0, 0.05) is 26.1 Å². The summed E-state index contributed by atoms with van der Waals surface area (Å²) in [6.45, 7) is 1.18. The third kappa shape index (κ3) is 7.50. The number of nitrogens with one attached hydrogen (secondary N) is 2. The molecule has 2 heterocycles. The van der Waals surface area contributed by atoms with Crippen LogP contribution in [0.1, 0.15) is 0 Å². The number of thiazole rings is 1. The molecule has 7 nitrogen and oxygen atoms in total. The number of ether oxygens (including phenoxy) is 1. The predicted octanol–water partition coefficient (Wildman–Crippen LogP) is 2.69. The predicted molar refractivity (Wildman–Crippen MR) is 108 cm³/mol. The lowest BCUT2D eigenvalue weighted by molar-refractivity contribution is 0.204. The Labute approximate surface area is 163 Å². The standard InChI is InChI=1S/C13H18N6OS.3ClH/c1-15-11-5-3-4-9(17-11)10-8-21-13(18-10)19-12(14)16-6-7-20-2;;;/h3-5,8H,6-7H2,1-2H3,(H,15,17)(H3,14,16,18,19);3*1H. The molecule has 0 aliphatic heterocycles. The van der Waals surface area contributed by atoms with Crippen molar-refractivity contribution < 1.29 is 4.74 Å². The summed E-state index contributed by atoms with van der Waals surface area (Å²) in [5.41, 5.74) is 7.34. The molecule has 11 heteroatoms. The zero-order chi connectivity index (χ0) is 15.1. The third-order valence-electron chi connectivity index (χ3n) is 2.59. The van der Waals surface area contributed by atoms with Gasteiger partial charge in [-0.3, -0.25) is 0 Å². The lowest BCUT2D eigenvalue weighted by Gasteiger charge is -2.02. The molecule has 0 unspecified atom stereocenters. The van der Waals surface area contributed by atoms with Crippen LogP contribution in [-0.4, -0.2) is 43.2 Å². The maximum absolute atomic E-state index is 5.76. The van der Waals surface area contributed by atoms with Gasteiger partial charge in [0.2, 0.25) is 5.13 Å². The number of anilines is 1. The van der Waals surface area contributed by atoms with Gasteiger partial charge in [-0.2, -0.15) is 4.99 Å². The van der Waals surface area contributed by atoms with E-state index in [4.69, 9.17) is 10.5 Å². The molecule has 24 heavy (non-hydrogen) atoms. The van der Waals surface area contributed by atoms with E-state index in [1.807, 2.05) is 30.6 Å². The number of pyridine rings is 1. The van der Waals surface area contributed by atoms with E-state index in [-0.39, 0.29) is 37.2 Å². The van der Waals surface area contributed by atoms with Crippen LogP contribution in [0.5, 0.6) is 0 Å². The summed E-state index contributed by atoms with van der Waals surface area (Å²) >= 11 is 1.42. The summed E-state index contributed by atoms with van der Waals surface area (Å²) in [7, 11) is 3.46. The zero-order valence-electron chi connectivity index (χ0n) is 13.2. The molecule has 0 fully saturated rings. The van der Waals surface area contributed by atoms with Crippen LogP contribution in [0.15, 0.2) is 28.6 Å². The molecule has 0 atom stereocenters. The topological polar surface area (TPSA) is 97.5 Å². The third-order valence-corrected chi connectivity index (χ3v) is 3.32. The number of methoxy groups -OCH3 is 1. The van der Waals surface area contributed by atoms with Crippen molar-refractivity contribution in [2.24, 2.45) is 10.7 Å². The Hall–Kier alpha value is -1.32. The lowest BCUT2D eigenvalue weighted by atomic mass is 10.3. The van der Waals surface area contributed by atoms with Crippen LogP contribution in [-0.2, 0) is 4.74 Å². The Morgan fingerprint density at radius 2 is 2.00 bits per heavy atom. The van der Waals surface area contributed by atoms with Crippen molar-refractivity contribution in [3.05, 3.63) is 23.6 Å². The van der Waals surface area contributed by atoms with Crippen molar-refractivity contribution in [2.45, 2.75) is 0 Å². The van der Waals surface area contributed by atoms with E-state index in [0.717, 1.165) is 17.2 Å². The van der Waals surface area contributed by atoms with Gasteiger partial charge in [0.15, 0.2) is 5.96 Å². The highest BCUT2D eigenvalue weighted by Crippen LogP contribution is 2.26.